The Kier molecular flexibility index (Phi) is 3.83. The number of amides is 1. The van der Waals surface area contributed by atoms with Crippen LogP contribution in [0.25, 0.3) is 0 Å². The molecule has 72 valence electrons. The van der Waals surface area contributed by atoms with E-state index in [0.29, 0.717) is 13.2 Å². The number of carbonyl (C=O) groups excluding carboxylic acids is 1. The van der Waals surface area contributed by atoms with Gasteiger partial charge in [0.15, 0.2) is 6.33 Å². The first kappa shape index (κ1) is 9.59. The van der Waals surface area contributed by atoms with E-state index in [2.05, 4.69) is 20.7 Å². The maximum atomic E-state index is 11.1. The molecule has 0 saturated heterocycles. The van der Waals surface area contributed by atoms with Gasteiger partial charge in [0.1, 0.15) is 6.54 Å². The summed E-state index contributed by atoms with van der Waals surface area (Å²) in [5.41, 5.74) is 0. The van der Waals surface area contributed by atoms with Crippen molar-refractivity contribution in [2.75, 3.05) is 20.3 Å². The van der Waals surface area contributed by atoms with Gasteiger partial charge in [0, 0.05) is 13.7 Å². The Balaban J connectivity index is 2.18. The van der Waals surface area contributed by atoms with E-state index < -0.39 is 0 Å². The minimum absolute atomic E-state index is 0.0870. The van der Waals surface area contributed by atoms with Crippen LogP contribution in [0.5, 0.6) is 0 Å². The van der Waals surface area contributed by atoms with Crippen LogP contribution in [0, 0.1) is 0 Å². The fraction of sp³-hybridized carbons (Fsp3) is 0.667. The highest BCUT2D eigenvalue weighted by Crippen LogP contribution is 1.75. The van der Waals surface area contributed by atoms with Crippen LogP contribution in [-0.2, 0) is 16.1 Å². The van der Waals surface area contributed by atoms with Gasteiger partial charge in [-0.3, -0.25) is 4.79 Å². The summed E-state index contributed by atoms with van der Waals surface area (Å²) in [4.78, 5) is 12.3. The number of nitrogens with zero attached hydrogens (tertiary/aromatic N) is 4. The Morgan fingerprint density at radius 2 is 2.54 bits per heavy atom. The van der Waals surface area contributed by atoms with Gasteiger partial charge >= 0.3 is 0 Å². The molecule has 0 aromatic carbocycles. The number of rotatable bonds is 5. The van der Waals surface area contributed by atoms with Crippen LogP contribution >= 0.6 is 0 Å². The minimum Gasteiger partial charge on any atom is -0.383 e. The number of aromatic nitrogens is 4. The molecule has 0 spiro atoms. The van der Waals surface area contributed by atoms with E-state index in [9.17, 15) is 4.79 Å². The summed E-state index contributed by atoms with van der Waals surface area (Å²) in [5.74, 6) is -0.157. The summed E-state index contributed by atoms with van der Waals surface area (Å²) in [6.07, 6.45) is 1.28. The minimum atomic E-state index is -0.157. The van der Waals surface area contributed by atoms with Crippen LogP contribution in [0.4, 0.5) is 0 Å². The predicted octanol–water partition coefficient (Wildman–Crippen LogP) is -1.56. The lowest BCUT2D eigenvalue weighted by Crippen LogP contribution is -2.31. The average Bonchev–Trinajstić information content (AvgIpc) is 2.57. The number of ether oxygens (including phenoxy) is 1. The molecule has 0 saturated carbocycles. The molecule has 1 amide bonds. The topological polar surface area (TPSA) is 81.9 Å². The summed E-state index contributed by atoms with van der Waals surface area (Å²) in [6.45, 7) is 1.07. The maximum Gasteiger partial charge on any atom is 0.243 e. The molecule has 0 unspecified atom stereocenters. The van der Waals surface area contributed by atoms with Crippen LogP contribution in [0.2, 0.25) is 0 Å². The van der Waals surface area contributed by atoms with Crippen LogP contribution in [0.1, 0.15) is 0 Å². The fourth-order valence-corrected chi connectivity index (χ4v) is 0.738. The molecule has 13 heavy (non-hydrogen) atoms. The molecule has 1 aromatic heterocycles. The lowest BCUT2D eigenvalue weighted by Gasteiger charge is -2.02. The third-order valence-corrected chi connectivity index (χ3v) is 1.30. The second kappa shape index (κ2) is 5.20. The molecule has 0 bridgehead atoms. The number of nitrogens with one attached hydrogen (secondary N) is 1. The van der Waals surface area contributed by atoms with Crippen LogP contribution in [0.15, 0.2) is 6.33 Å². The van der Waals surface area contributed by atoms with Crippen LogP contribution < -0.4 is 5.32 Å². The first-order valence-electron chi connectivity index (χ1n) is 3.79. The Labute approximate surface area is 75.1 Å². The molecule has 1 N–H and O–H groups in total. The van der Waals surface area contributed by atoms with Gasteiger partial charge in [0.05, 0.1) is 6.61 Å². The second-order valence-electron chi connectivity index (χ2n) is 2.31. The van der Waals surface area contributed by atoms with Gasteiger partial charge in [0.25, 0.3) is 0 Å². The zero-order valence-electron chi connectivity index (χ0n) is 7.30. The molecule has 0 radical (unpaired) electrons. The van der Waals surface area contributed by atoms with E-state index in [-0.39, 0.29) is 12.5 Å². The van der Waals surface area contributed by atoms with Gasteiger partial charge in [-0.2, -0.15) is 4.80 Å². The van der Waals surface area contributed by atoms with Crippen LogP contribution in [0.3, 0.4) is 0 Å². The summed E-state index contributed by atoms with van der Waals surface area (Å²) < 4.78 is 4.76. The summed E-state index contributed by atoms with van der Waals surface area (Å²) in [5, 5.41) is 13.3. The number of carbonyl (C=O) groups is 1. The monoisotopic (exact) mass is 185 g/mol. The molecular formula is C6H11N5O2. The molecule has 0 fully saturated rings. The van der Waals surface area contributed by atoms with Gasteiger partial charge in [-0.25, -0.2) is 0 Å². The quantitative estimate of drug-likeness (QED) is 0.561. The number of hydrogen-bond donors (Lipinski definition) is 1. The molecule has 0 aliphatic rings. The average molecular weight is 185 g/mol. The molecule has 1 heterocycles. The maximum absolute atomic E-state index is 11.1. The summed E-state index contributed by atoms with van der Waals surface area (Å²) in [6, 6.07) is 0. The first-order chi connectivity index (χ1) is 6.33. The third kappa shape index (κ3) is 3.61. The highest BCUT2D eigenvalue weighted by Gasteiger charge is 2.02. The van der Waals surface area contributed by atoms with Gasteiger partial charge in [0.2, 0.25) is 5.91 Å². The van der Waals surface area contributed by atoms with Crippen molar-refractivity contribution in [3.63, 3.8) is 0 Å². The molecule has 1 aromatic rings. The molecule has 0 atom stereocenters. The van der Waals surface area contributed by atoms with Gasteiger partial charge in [-0.15, -0.1) is 10.2 Å². The Morgan fingerprint density at radius 1 is 1.69 bits per heavy atom. The number of hydrogen-bond acceptors (Lipinski definition) is 5. The van der Waals surface area contributed by atoms with E-state index >= 15 is 0 Å². The third-order valence-electron chi connectivity index (χ3n) is 1.30. The second-order valence-corrected chi connectivity index (χ2v) is 2.31. The first-order valence-corrected chi connectivity index (χ1v) is 3.79. The van der Waals surface area contributed by atoms with E-state index in [1.54, 1.807) is 7.11 Å². The van der Waals surface area contributed by atoms with Crippen molar-refractivity contribution in [1.82, 2.24) is 25.5 Å². The lowest BCUT2D eigenvalue weighted by molar-refractivity contribution is -0.122. The number of methoxy groups -OCH3 is 1. The Morgan fingerprint density at radius 3 is 3.15 bits per heavy atom. The Bertz CT molecular complexity index is 248. The summed E-state index contributed by atoms with van der Waals surface area (Å²) >= 11 is 0. The standard InChI is InChI=1S/C6H11N5O2/c1-13-3-2-7-6(12)4-11-9-5-8-10-11/h5H,2-4H2,1H3,(H,7,12). The van der Waals surface area contributed by atoms with Crippen molar-refractivity contribution in [3.8, 4) is 0 Å². The van der Waals surface area contributed by atoms with Gasteiger partial charge < -0.3 is 10.1 Å². The van der Waals surface area contributed by atoms with Crippen LogP contribution in [-0.4, -0.2) is 46.4 Å². The van der Waals surface area contributed by atoms with Crippen molar-refractivity contribution in [1.29, 1.82) is 0 Å². The zero-order valence-corrected chi connectivity index (χ0v) is 7.30. The highest BCUT2D eigenvalue weighted by molar-refractivity contribution is 5.75. The molecular weight excluding hydrogens is 174 g/mol. The van der Waals surface area contributed by atoms with Crippen molar-refractivity contribution in [2.45, 2.75) is 6.54 Å². The van der Waals surface area contributed by atoms with Gasteiger partial charge in [-0.05, 0) is 5.21 Å². The SMILES string of the molecule is COCCNC(=O)Cn1ncnn1. The molecule has 1 rings (SSSR count). The van der Waals surface area contributed by atoms with E-state index in [0.717, 1.165) is 0 Å². The molecule has 7 heteroatoms. The largest absolute Gasteiger partial charge is 0.383 e. The highest BCUT2D eigenvalue weighted by atomic mass is 16.5. The van der Waals surface area contributed by atoms with E-state index in [1.165, 1.54) is 11.1 Å². The zero-order chi connectivity index (χ0) is 9.52. The molecule has 0 aliphatic carbocycles. The molecule has 7 nitrogen and oxygen atoms in total. The normalized spacial score (nSPS) is 9.92. The van der Waals surface area contributed by atoms with Gasteiger partial charge in [-0.1, -0.05) is 0 Å². The van der Waals surface area contributed by atoms with E-state index in [1.807, 2.05) is 0 Å². The summed E-state index contributed by atoms with van der Waals surface area (Å²) in [7, 11) is 1.57. The smallest absolute Gasteiger partial charge is 0.243 e. The van der Waals surface area contributed by atoms with Crippen molar-refractivity contribution in [2.24, 2.45) is 0 Å². The van der Waals surface area contributed by atoms with E-state index in [4.69, 9.17) is 4.74 Å². The lowest BCUT2D eigenvalue weighted by atomic mass is 10.5. The predicted molar refractivity (Wildman–Crippen MR) is 42.7 cm³/mol. The Hall–Kier alpha value is -1.50. The van der Waals surface area contributed by atoms with Crippen molar-refractivity contribution < 1.29 is 9.53 Å². The number of tetrazole rings is 1. The fourth-order valence-electron chi connectivity index (χ4n) is 0.738. The van der Waals surface area contributed by atoms with Crippen molar-refractivity contribution >= 4 is 5.91 Å². The molecule has 0 aliphatic heterocycles. The van der Waals surface area contributed by atoms with Crippen molar-refractivity contribution in [3.05, 3.63) is 6.33 Å².